The summed E-state index contributed by atoms with van der Waals surface area (Å²) in [6.45, 7) is 1.48. The molecule has 0 aliphatic carbocycles. The highest BCUT2D eigenvalue weighted by Gasteiger charge is 2.21. The van der Waals surface area contributed by atoms with Crippen LogP contribution in [0, 0.1) is 9.49 Å². The van der Waals surface area contributed by atoms with Gasteiger partial charge in [-0.15, -0.1) is 0 Å². The lowest BCUT2D eigenvalue weighted by Gasteiger charge is -2.11. The molecule has 2 aromatic carbocycles. The van der Waals surface area contributed by atoms with Gasteiger partial charge in [-0.25, -0.2) is 5.43 Å². The van der Waals surface area contributed by atoms with E-state index in [-0.39, 0.29) is 5.75 Å². The third kappa shape index (κ3) is 5.59. The molecule has 9 heteroatoms. The molecule has 0 aliphatic rings. The number of ether oxygens (including phenoxy) is 2. The van der Waals surface area contributed by atoms with Crippen LogP contribution in [0.4, 0.5) is 5.69 Å². The highest BCUT2D eigenvalue weighted by molar-refractivity contribution is 14.1. The molecular formula is C19H20IN3O5. The summed E-state index contributed by atoms with van der Waals surface area (Å²) in [6, 6.07) is 10.0. The van der Waals surface area contributed by atoms with Gasteiger partial charge >= 0.3 is 0 Å². The zero-order valence-corrected chi connectivity index (χ0v) is 17.7. The number of carbonyl (C=O) groups is 2. The van der Waals surface area contributed by atoms with Crippen molar-refractivity contribution in [3.63, 3.8) is 0 Å². The van der Waals surface area contributed by atoms with Gasteiger partial charge in [-0.3, -0.25) is 9.59 Å². The molecule has 0 aromatic heterocycles. The SMILES string of the molecule is COc1ccc(NC(=O)C(C)C(=O)NN=Cc2cc(I)c(O)c(OC)c2)cc1. The fraction of sp³-hybridized carbons (Fsp3) is 0.211. The summed E-state index contributed by atoms with van der Waals surface area (Å²) in [5.74, 6) is -0.964. The Balaban J connectivity index is 1.95. The van der Waals surface area contributed by atoms with Gasteiger partial charge in [-0.05, 0) is 71.5 Å². The molecule has 0 saturated carbocycles. The number of phenolic OH excluding ortho intramolecular Hbond substituents is 1. The number of carbonyl (C=O) groups excluding carboxylic acids is 2. The van der Waals surface area contributed by atoms with E-state index in [2.05, 4.69) is 15.8 Å². The first-order valence-electron chi connectivity index (χ1n) is 8.20. The molecule has 0 aliphatic heterocycles. The lowest BCUT2D eigenvalue weighted by Crippen LogP contribution is -2.34. The van der Waals surface area contributed by atoms with E-state index in [1.54, 1.807) is 43.5 Å². The van der Waals surface area contributed by atoms with Gasteiger partial charge in [0.25, 0.3) is 5.91 Å². The number of nitrogens with one attached hydrogen (secondary N) is 2. The van der Waals surface area contributed by atoms with Gasteiger partial charge in [0.1, 0.15) is 11.7 Å². The molecule has 1 unspecified atom stereocenters. The second kappa shape index (κ2) is 9.93. The van der Waals surface area contributed by atoms with E-state index < -0.39 is 17.7 Å². The second-order valence-electron chi connectivity index (χ2n) is 5.73. The zero-order chi connectivity index (χ0) is 20.7. The van der Waals surface area contributed by atoms with Crippen molar-refractivity contribution in [2.24, 2.45) is 11.0 Å². The minimum atomic E-state index is -0.950. The summed E-state index contributed by atoms with van der Waals surface area (Å²) >= 11 is 1.96. The zero-order valence-electron chi connectivity index (χ0n) is 15.5. The minimum Gasteiger partial charge on any atom is -0.504 e. The van der Waals surface area contributed by atoms with Crippen molar-refractivity contribution >= 4 is 46.3 Å². The molecule has 0 radical (unpaired) electrons. The highest BCUT2D eigenvalue weighted by Crippen LogP contribution is 2.31. The van der Waals surface area contributed by atoms with Crippen LogP contribution in [0.5, 0.6) is 17.2 Å². The highest BCUT2D eigenvalue weighted by atomic mass is 127. The lowest BCUT2D eigenvalue weighted by atomic mass is 10.1. The first-order chi connectivity index (χ1) is 13.3. The second-order valence-corrected chi connectivity index (χ2v) is 6.89. The van der Waals surface area contributed by atoms with Crippen molar-refractivity contribution in [2.75, 3.05) is 19.5 Å². The number of aromatic hydroxyl groups is 1. The van der Waals surface area contributed by atoms with Gasteiger partial charge in [0.2, 0.25) is 5.91 Å². The van der Waals surface area contributed by atoms with E-state index in [4.69, 9.17) is 9.47 Å². The smallest absolute Gasteiger partial charge is 0.252 e. The van der Waals surface area contributed by atoms with Gasteiger partial charge in [-0.1, -0.05) is 0 Å². The number of anilines is 1. The molecular weight excluding hydrogens is 477 g/mol. The van der Waals surface area contributed by atoms with Gasteiger partial charge in [0, 0.05) is 5.69 Å². The molecule has 0 spiro atoms. The van der Waals surface area contributed by atoms with Gasteiger partial charge in [0.05, 0.1) is 24.0 Å². The Labute approximate surface area is 176 Å². The summed E-state index contributed by atoms with van der Waals surface area (Å²) in [5.41, 5.74) is 3.51. The molecule has 2 rings (SSSR count). The standard InChI is InChI=1S/C19H20IN3O5/c1-11(18(25)22-13-4-6-14(27-2)7-5-13)19(26)23-21-10-12-8-15(20)17(24)16(9-12)28-3/h4-11,24H,1-3H3,(H,22,25)(H,23,26). The number of hydrogen-bond donors (Lipinski definition) is 3. The number of halogens is 1. The fourth-order valence-corrected chi connectivity index (χ4v) is 2.76. The Hall–Kier alpha value is -2.82. The molecule has 148 valence electrons. The van der Waals surface area contributed by atoms with Gasteiger partial charge in [-0.2, -0.15) is 5.10 Å². The van der Waals surface area contributed by atoms with Gasteiger partial charge < -0.3 is 19.9 Å². The maximum atomic E-state index is 12.2. The molecule has 2 amide bonds. The summed E-state index contributed by atoms with van der Waals surface area (Å²) < 4.78 is 10.7. The topological polar surface area (TPSA) is 109 Å². The largest absolute Gasteiger partial charge is 0.504 e. The summed E-state index contributed by atoms with van der Waals surface area (Å²) in [5, 5.41) is 16.3. The lowest BCUT2D eigenvalue weighted by molar-refractivity contribution is -0.131. The summed E-state index contributed by atoms with van der Waals surface area (Å²) in [6.07, 6.45) is 1.40. The Morgan fingerprint density at radius 1 is 1.14 bits per heavy atom. The average molecular weight is 497 g/mol. The summed E-state index contributed by atoms with van der Waals surface area (Å²) in [7, 11) is 2.99. The van der Waals surface area contributed by atoms with Crippen molar-refractivity contribution in [1.29, 1.82) is 0 Å². The fourth-order valence-electron chi connectivity index (χ4n) is 2.14. The van der Waals surface area contributed by atoms with Crippen LogP contribution in [0.1, 0.15) is 12.5 Å². The number of hydrazone groups is 1. The third-order valence-corrected chi connectivity index (χ3v) is 4.63. The summed E-state index contributed by atoms with van der Waals surface area (Å²) in [4.78, 5) is 24.3. The van der Waals surface area contributed by atoms with Crippen molar-refractivity contribution in [1.82, 2.24) is 5.43 Å². The number of benzene rings is 2. The number of nitrogens with zero attached hydrogens (tertiary/aromatic N) is 1. The Morgan fingerprint density at radius 3 is 2.43 bits per heavy atom. The first-order valence-corrected chi connectivity index (χ1v) is 9.28. The third-order valence-electron chi connectivity index (χ3n) is 3.80. The quantitative estimate of drug-likeness (QED) is 0.236. The van der Waals surface area contributed by atoms with Crippen LogP contribution < -0.4 is 20.2 Å². The van der Waals surface area contributed by atoms with Crippen molar-refractivity contribution in [3.8, 4) is 17.2 Å². The van der Waals surface area contributed by atoms with Crippen molar-refractivity contribution in [2.45, 2.75) is 6.92 Å². The maximum absolute atomic E-state index is 12.2. The minimum absolute atomic E-state index is 0.0353. The van der Waals surface area contributed by atoms with Crippen LogP contribution in [-0.2, 0) is 9.59 Å². The van der Waals surface area contributed by atoms with Crippen LogP contribution in [0.15, 0.2) is 41.5 Å². The van der Waals surface area contributed by atoms with E-state index in [1.165, 1.54) is 20.2 Å². The monoisotopic (exact) mass is 497 g/mol. The molecule has 0 saturated heterocycles. The van der Waals surface area contributed by atoms with Crippen molar-refractivity contribution < 1.29 is 24.2 Å². The predicted molar refractivity (Wildman–Crippen MR) is 114 cm³/mol. The molecule has 0 bridgehead atoms. The number of hydrogen-bond acceptors (Lipinski definition) is 6. The predicted octanol–water partition coefficient (Wildman–Crippen LogP) is 2.74. The molecule has 8 nitrogen and oxygen atoms in total. The van der Waals surface area contributed by atoms with Crippen LogP contribution in [-0.4, -0.2) is 37.4 Å². The number of methoxy groups -OCH3 is 2. The Morgan fingerprint density at radius 2 is 1.82 bits per heavy atom. The van der Waals surface area contributed by atoms with Crippen molar-refractivity contribution in [3.05, 3.63) is 45.5 Å². The Kier molecular flexibility index (Phi) is 7.61. The van der Waals surface area contributed by atoms with Crippen LogP contribution >= 0.6 is 22.6 Å². The van der Waals surface area contributed by atoms with E-state index in [0.29, 0.717) is 26.3 Å². The maximum Gasteiger partial charge on any atom is 0.252 e. The van der Waals surface area contributed by atoms with Crippen LogP contribution in [0.3, 0.4) is 0 Å². The van der Waals surface area contributed by atoms with Crippen LogP contribution in [0.25, 0.3) is 0 Å². The number of phenols is 1. The molecule has 28 heavy (non-hydrogen) atoms. The molecule has 3 N–H and O–H groups in total. The average Bonchev–Trinajstić information content (AvgIpc) is 2.70. The number of rotatable bonds is 7. The molecule has 2 aromatic rings. The first kappa shape index (κ1) is 21.5. The Bertz CT molecular complexity index is 884. The molecule has 0 heterocycles. The van der Waals surface area contributed by atoms with E-state index >= 15 is 0 Å². The molecule has 0 fully saturated rings. The van der Waals surface area contributed by atoms with E-state index in [1.807, 2.05) is 22.6 Å². The molecule has 1 atom stereocenters. The van der Waals surface area contributed by atoms with Crippen LogP contribution in [0.2, 0.25) is 0 Å². The van der Waals surface area contributed by atoms with E-state index in [9.17, 15) is 14.7 Å². The van der Waals surface area contributed by atoms with E-state index in [0.717, 1.165) is 0 Å². The van der Waals surface area contributed by atoms with Gasteiger partial charge in [0.15, 0.2) is 11.5 Å². The normalized spacial score (nSPS) is 11.7. The number of amides is 2.